The molecule has 0 amide bonds. The third kappa shape index (κ3) is 3.22. The Morgan fingerprint density at radius 2 is 1.33 bits per heavy atom. The van der Waals surface area contributed by atoms with Crippen LogP contribution in [0.1, 0.15) is 11.1 Å². The maximum atomic E-state index is 7.63. The van der Waals surface area contributed by atoms with E-state index >= 15 is 0 Å². The van der Waals surface area contributed by atoms with Crippen LogP contribution in [0.15, 0.2) is 60.7 Å². The molecular formula is C24H18N8S. The Bertz CT molecular complexity index is 1650. The molecule has 8 nitrogen and oxygen atoms in total. The fourth-order valence-corrected chi connectivity index (χ4v) is 4.94. The molecule has 9 heteroatoms. The highest BCUT2D eigenvalue weighted by Gasteiger charge is 2.13. The van der Waals surface area contributed by atoms with Crippen LogP contribution in [0.5, 0.6) is 0 Å². The highest BCUT2D eigenvalue weighted by Crippen LogP contribution is 2.35. The van der Waals surface area contributed by atoms with Crippen molar-refractivity contribution in [3.63, 3.8) is 0 Å². The molecular weight excluding hydrogens is 432 g/mol. The Kier molecular flexibility index (Phi) is 4.08. The lowest BCUT2D eigenvalue weighted by molar-refractivity contribution is 1.34. The van der Waals surface area contributed by atoms with E-state index in [0.717, 1.165) is 54.2 Å². The summed E-state index contributed by atoms with van der Waals surface area (Å²) in [7, 11) is 0. The van der Waals surface area contributed by atoms with Crippen molar-refractivity contribution in [3.05, 3.63) is 71.8 Å². The largest absolute Gasteiger partial charge is 0.384 e. The monoisotopic (exact) mass is 450 g/mol. The number of nitrogens with one attached hydrogen (secondary N) is 4. The van der Waals surface area contributed by atoms with Gasteiger partial charge in [0.15, 0.2) is 0 Å². The molecule has 0 radical (unpaired) electrons. The quantitative estimate of drug-likeness (QED) is 0.172. The summed E-state index contributed by atoms with van der Waals surface area (Å²) >= 11 is 1.65. The number of aromatic amines is 2. The number of benzene rings is 3. The SMILES string of the molecule is N=C(N)c1ccc2[nH]c(-c3ccc4cc(-c5nc6cc(C(=N)N)ccc6[nH]5)sc4c3)nc2c1. The van der Waals surface area contributed by atoms with E-state index in [9.17, 15) is 0 Å². The number of hydrogen-bond acceptors (Lipinski definition) is 5. The van der Waals surface area contributed by atoms with Crippen LogP contribution in [-0.2, 0) is 0 Å². The summed E-state index contributed by atoms with van der Waals surface area (Å²) in [5.41, 5.74) is 16.9. The summed E-state index contributed by atoms with van der Waals surface area (Å²) in [4.78, 5) is 17.1. The van der Waals surface area contributed by atoms with Gasteiger partial charge in [-0.2, -0.15) is 0 Å². The van der Waals surface area contributed by atoms with Gasteiger partial charge in [0.1, 0.15) is 23.3 Å². The Morgan fingerprint density at radius 1 is 0.727 bits per heavy atom. The van der Waals surface area contributed by atoms with Gasteiger partial charge >= 0.3 is 0 Å². The van der Waals surface area contributed by atoms with E-state index in [0.29, 0.717) is 11.1 Å². The minimum absolute atomic E-state index is 0.0251. The van der Waals surface area contributed by atoms with Crippen molar-refractivity contribution in [2.24, 2.45) is 11.5 Å². The first kappa shape index (κ1) is 19.2. The van der Waals surface area contributed by atoms with Crippen molar-refractivity contribution in [1.82, 2.24) is 19.9 Å². The molecule has 0 aliphatic rings. The number of rotatable bonds is 4. The zero-order chi connectivity index (χ0) is 22.7. The standard InChI is InChI=1S/C24H18N8S/c25-21(26)12-3-5-15-17(7-12)31-23(29-15)14-2-1-11-9-20(33-19(11)10-14)24-30-16-6-4-13(22(27)28)8-18(16)32-24/h1-10H,(H3,25,26)(H3,27,28)(H,29,31)(H,30,32). The third-order valence-corrected chi connectivity index (χ3v) is 6.72. The fourth-order valence-electron chi connectivity index (χ4n) is 3.90. The molecule has 3 aromatic heterocycles. The van der Waals surface area contributed by atoms with Gasteiger partial charge in [0.25, 0.3) is 0 Å². The normalized spacial score (nSPS) is 11.5. The van der Waals surface area contributed by atoms with E-state index in [1.54, 1.807) is 11.3 Å². The molecule has 0 aliphatic carbocycles. The second kappa shape index (κ2) is 7.01. The number of nitrogen functional groups attached to an aromatic ring is 2. The molecule has 0 atom stereocenters. The molecule has 6 rings (SSSR count). The number of nitrogens with zero attached hydrogens (tertiary/aromatic N) is 2. The van der Waals surface area contributed by atoms with Gasteiger partial charge in [0.2, 0.25) is 0 Å². The molecule has 0 saturated carbocycles. The predicted octanol–water partition coefficient (Wildman–Crippen LogP) is 4.56. The average Bonchev–Trinajstić information content (AvgIpc) is 3.52. The van der Waals surface area contributed by atoms with Gasteiger partial charge in [-0.05, 0) is 53.9 Å². The Labute approximate surface area is 191 Å². The first-order valence-electron chi connectivity index (χ1n) is 10.2. The van der Waals surface area contributed by atoms with Crippen molar-refractivity contribution >= 4 is 55.2 Å². The van der Waals surface area contributed by atoms with Gasteiger partial charge in [0, 0.05) is 21.4 Å². The molecule has 0 bridgehead atoms. The summed E-state index contributed by atoms with van der Waals surface area (Å²) in [6.45, 7) is 0. The summed E-state index contributed by atoms with van der Waals surface area (Å²) in [5.74, 6) is 1.60. The molecule has 0 aliphatic heterocycles. The van der Waals surface area contributed by atoms with E-state index in [1.165, 1.54) is 0 Å². The number of H-pyrrole nitrogens is 2. The summed E-state index contributed by atoms with van der Waals surface area (Å²) in [6, 6.07) is 19.4. The maximum Gasteiger partial charge on any atom is 0.148 e. The number of nitrogens with two attached hydrogens (primary N) is 2. The number of fused-ring (bicyclic) bond motifs is 3. The van der Waals surface area contributed by atoms with E-state index in [-0.39, 0.29) is 11.7 Å². The molecule has 3 heterocycles. The highest BCUT2D eigenvalue weighted by atomic mass is 32.1. The maximum absolute atomic E-state index is 7.63. The number of imidazole rings is 2. The molecule has 3 aromatic carbocycles. The summed E-state index contributed by atoms with van der Waals surface area (Å²) < 4.78 is 1.12. The van der Waals surface area contributed by atoms with Crippen LogP contribution < -0.4 is 11.5 Å². The third-order valence-electron chi connectivity index (χ3n) is 5.62. The average molecular weight is 451 g/mol. The van der Waals surface area contributed by atoms with E-state index < -0.39 is 0 Å². The minimum atomic E-state index is 0.0251. The zero-order valence-electron chi connectivity index (χ0n) is 17.2. The summed E-state index contributed by atoms with van der Waals surface area (Å²) in [6.07, 6.45) is 0. The lowest BCUT2D eigenvalue weighted by Gasteiger charge is -1.96. The molecule has 8 N–H and O–H groups in total. The van der Waals surface area contributed by atoms with Gasteiger partial charge in [-0.3, -0.25) is 10.8 Å². The first-order chi connectivity index (χ1) is 15.9. The topological polar surface area (TPSA) is 157 Å². The van der Waals surface area contributed by atoms with E-state index in [4.69, 9.17) is 32.3 Å². The molecule has 0 spiro atoms. The number of hydrogen-bond donors (Lipinski definition) is 6. The second-order valence-corrected chi connectivity index (χ2v) is 8.91. The van der Waals surface area contributed by atoms with E-state index in [2.05, 4.69) is 28.2 Å². The molecule has 0 unspecified atom stereocenters. The van der Waals surface area contributed by atoms with Crippen LogP contribution in [0.25, 0.3) is 54.2 Å². The van der Waals surface area contributed by atoms with Gasteiger partial charge in [-0.25, -0.2) is 9.97 Å². The van der Waals surface area contributed by atoms with Crippen LogP contribution in [0, 0.1) is 10.8 Å². The number of amidine groups is 2. The van der Waals surface area contributed by atoms with Crippen molar-refractivity contribution in [1.29, 1.82) is 10.8 Å². The Balaban J connectivity index is 1.39. The zero-order valence-corrected chi connectivity index (χ0v) is 18.0. The smallest absolute Gasteiger partial charge is 0.148 e. The molecule has 160 valence electrons. The molecule has 0 saturated heterocycles. The fraction of sp³-hybridized carbons (Fsp3) is 0. The molecule has 33 heavy (non-hydrogen) atoms. The molecule has 6 aromatic rings. The number of aromatic nitrogens is 4. The van der Waals surface area contributed by atoms with Crippen LogP contribution in [-0.4, -0.2) is 31.6 Å². The van der Waals surface area contributed by atoms with Crippen LogP contribution in [0.2, 0.25) is 0 Å². The van der Waals surface area contributed by atoms with E-state index in [1.807, 2.05) is 42.5 Å². The first-order valence-corrected chi connectivity index (χ1v) is 11.0. The van der Waals surface area contributed by atoms with Crippen molar-refractivity contribution in [2.75, 3.05) is 0 Å². The minimum Gasteiger partial charge on any atom is -0.384 e. The van der Waals surface area contributed by atoms with Crippen LogP contribution in [0.4, 0.5) is 0 Å². The second-order valence-electron chi connectivity index (χ2n) is 7.83. The van der Waals surface area contributed by atoms with Gasteiger partial charge in [-0.1, -0.05) is 12.1 Å². The Hall–Kier alpha value is -4.50. The Morgan fingerprint density at radius 3 is 1.97 bits per heavy atom. The van der Waals surface area contributed by atoms with Crippen LogP contribution >= 0.6 is 11.3 Å². The van der Waals surface area contributed by atoms with Gasteiger partial charge < -0.3 is 21.4 Å². The molecule has 0 fully saturated rings. The van der Waals surface area contributed by atoms with Gasteiger partial charge in [-0.15, -0.1) is 11.3 Å². The summed E-state index contributed by atoms with van der Waals surface area (Å²) in [5, 5.41) is 16.4. The van der Waals surface area contributed by atoms with Crippen molar-refractivity contribution < 1.29 is 0 Å². The van der Waals surface area contributed by atoms with Crippen LogP contribution in [0.3, 0.4) is 0 Å². The lowest BCUT2D eigenvalue weighted by atomic mass is 10.1. The van der Waals surface area contributed by atoms with Crippen molar-refractivity contribution in [2.45, 2.75) is 0 Å². The predicted molar refractivity (Wildman–Crippen MR) is 134 cm³/mol. The highest BCUT2D eigenvalue weighted by molar-refractivity contribution is 7.22. The van der Waals surface area contributed by atoms with Crippen molar-refractivity contribution in [3.8, 4) is 22.1 Å². The number of thiophene rings is 1. The van der Waals surface area contributed by atoms with Gasteiger partial charge in [0.05, 0.1) is 26.9 Å². The lowest BCUT2D eigenvalue weighted by Crippen LogP contribution is -2.10.